The first-order valence-electron chi connectivity index (χ1n) is 12.2. The molecule has 2 aliphatic heterocycles. The van der Waals surface area contributed by atoms with E-state index in [9.17, 15) is 29.2 Å². The summed E-state index contributed by atoms with van der Waals surface area (Å²) in [5.41, 5.74) is 5.19. The minimum Gasteiger partial charge on any atom is -0.445 e. The van der Waals surface area contributed by atoms with Crippen LogP contribution in [-0.2, 0) is 33.3 Å². The molecule has 3 heterocycles. The molecule has 19 heteroatoms. The van der Waals surface area contributed by atoms with E-state index in [2.05, 4.69) is 15.5 Å². The quantitative estimate of drug-likeness (QED) is 0.0624. The van der Waals surface area contributed by atoms with E-state index in [1.807, 2.05) is 6.92 Å². The molecule has 0 radical (unpaired) electrons. The van der Waals surface area contributed by atoms with Crippen LogP contribution in [-0.4, -0.2) is 106 Å². The maximum Gasteiger partial charge on any atom is 0.511 e. The average molecular weight is 651 g/mol. The summed E-state index contributed by atoms with van der Waals surface area (Å²) in [6.45, 7) is 4.43. The first-order chi connectivity index (χ1) is 19.4. The first kappa shape index (κ1) is 34.4. The Labute approximate surface area is 254 Å². The molecule has 0 aliphatic carbocycles. The molecular formula is C23H31ClN6O10S2. The van der Waals surface area contributed by atoms with Crippen molar-refractivity contribution in [3.63, 3.8) is 0 Å². The zero-order chi connectivity index (χ0) is 30.4. The number of nitrogens with two attached hydrogens (primary N) is 1. The maximum absolute atomic E-state index is 13.2. The van der Waals surface area contributed by atoms with Crippen LogP contribution in [0.2, 0.25) is 0 Å². The van der Waals surface area contributed by atoms with Crippen molar-refractivity contribution in [3.8, 4) is 0 Å². The van der Waals surface area contributed by atoms with Crippen molar-refractivity contribution in [2.45, 2.75) is 51.0 Å². The molecule has 1 fully saturated rings. The van der Waals surface area contributed by atoms with Crippen molar-refractivity contribution in [2.24, 2.45) is 5.16 Å². The van der Waals surface area contributed by atoms with Gasteiger partial charge in [-0.05, 0) is 13.3 Å². The van der Waals surface area contributed by atoms with Crippen molar-refractivity contribution < 1.29 is 48.1 Å². The normalized spacial score (nSPS) is 19.3. The van der Waals surface area contributed by atoms with E-state index in [1.54, 1.807) is 6.92 Å². The molecular weight excluding hydrogens is 620 g/mol. The van der Waals surface area contributed by atoms with E-state index >= 15 is 0 Å². The predicted octanol–water partition coefficient (Wildman–Crippen LogP) is 1.52. The number of amides is 3. The van der Waals surface area contributed by atoms with E-state index in [0.717, 1.165) is 16.2 Å². The van der Waals surface area contributed by atoms with Crippen molar-refractivity contribution in [1.29, 1.82) is 0 Å². The lowest BCUT2D eigenvalue weighted by molar-refractivity contribution is -0.169. The van der Waals surface area contributed by atoms with Crippen LogP contribution < -0.4 is 11.1 Å². The van der Waals surface area contributed by atoms with Gasteiger partial charge in [0.2, 0.25) is 6.29 Å². The summed E-state index contributed by atoms with van der Waals surface area (Å²) in [5.74, 6) is -2.47. The van der Waals surface area contributed by atoms with Gasteiger partial charge in [-0.15, -0.1) is 35.5 Å². The summed E-state index contributed by atoms with van der Waals surface area (Å²) >= 11 is 2.22. The van der Waals surface area contributed by atoms with Crippen LogP contribution in [0, 0.1) is 0 Å². The van der Waals surface area contributed by atoms with Crippen molar-refractivity contribution in [3.05, 3.63) is 22.3 Å². The highest BCUT2D eigenvalue weighted by Gasteiger charge is 2.55. The number of aromatic nitrogens is 1. The Balaban J connectivity index is 0.00000616. The Hall–Kier alpha value is -3.77. The average Bonchev–Trinajstić information content (AvgIpc) is 3.34. The molecule has 232 valence electrons. The molecule has 1 saturated heterocycles. The maximum atomic E-state index is 13.2. The number of hydrogen-bond acceptors (Lipinski definition) is 15. The molecule has 1 aromatic heterocycles. The molecule has 0 saturated carbocycles. The smallest absolute Gasteiger partial charge is 0.445 e. The summed E-state index contributed by atoms with van der Waals surface area (Å²) in [4.78, 5) is 69.4. The number of nitrogen functional groups attached to an aromatic ring is 1. The molecule has 0 aromatic carbocycles. The van der Waals surface area contributed by atoms with Gasteiger partial charge in [0.1, 0.15) is 35.5 Å². The third-order valence-electron chi connectivity index (χ3n) is 5.75. The van der Waals surface area contributed by atoms with E-state index in [1.165, 1.54) is 43.1 Å². The number of esters is 1. The fraction of sp³-hybridized carbons (Fsp3) is 0.522. The van der Waals surface area contributed by atoms with Crippen LogP contribution in [0.25, 0.3) is 0 Å². The summed E-state index contributed by atoms with van der Waals surface area (Å²) < 4.78 is 20.5. The third kappa shape index (κ3) is 7.95. The molecule has 4 atom stereocenters. The molecule has 16 nitrogen and oxygen atoms in total. The molecule has 3 amide bonds. The fourth-order valence-corrected chi connectivity index (χ4v) is 5.40. The van der Waals surface area contributed by atoms with E-state index in [0.29, 0.717) is 6.42 Å². The van der Waals surface area contributed by atoms with E-state index in [4.69, 9.17) is 24.7 Å². The Bertz CT molecular complexity index is 1270. The number of thiazole rings is 1. The lowest BCUT2D eigenvalue weighted by atomic mass is 10.0. The van der Waals surface area contributed by atoms with Crippen LogP contribution in [0.5, 0.6) is 0 Å². The van der Waals surface area contributed by atoms with Gasteiger partial charge in [0.25, 0.3) is 11.8 Å². The molecule has 2 aliphatic rings. The molecule has 3 rings (SSSR count). The second-order valence-corrected chi connectivity index (χ2v) is 11.0. The number of halogens is 1. The second-order valence-electron chi connectivity index (χ2n) is 8.96. The van der Waals surface area contributed by atoms with Gasteiger partial charge in [0.05, 0.1) is 0 Å². The van der Waals surface area contributed by atoms with Crippen LogP contribution in [0.15, 0.2) is 21.8 Å². The largest absolute Gasteiger partial charge is 0.511 e. The summed E-state index contributed by atoms with van der Waals surface area (Å²) in [7, 11) is 2.95. The third-order valence-corrected chi connectivity index (χ3v) is 7.76. The molecule has 42 heavy (non-hydrogen) atoms. The monoisotopic (exact) mass is 650 g/mol. The first-order valence-corrected chi connectivity index (χ1v) is 14.1. The highest BCUT2D eigenvalue weighted by atomic mass is 35.5. The van der Waals surface area contributed by atoms with Gasteiger partial charge in [-0.2, -0.15) is 0 Å². The highest BCUT2D eigenvalue weighted by Crippen LogP contribution is 2.41. The van der Waals surface area contributed by atoms with Crippen LogP contribution in [0.4, 0.5) is 14.7 Å². The zero-order valence-corrected chi connectivity index (χ0v) is 25.7. The van der Waals surface area contributed by atoms with Gasteiger partial charge in [-0.3, -0.25) is 14.5 Å². The molecule has 0 spiro atoms. The number of hydrogen-bond donors (Lipinski definition) is 3. The van der Waals surface area contributed by atoms with Crippen LogP contribution in [0.3, 0.4) is 0 Å². The molecule has 0 bridgehead atoms. The standard InChI is InChI=1S/C23H30N6O10S2.ClH/c1-6-10(2)37-23(34)39-11(3)38-20(32)16-12(7-36-22(33)28(4)5)8-40-19-15(18(31)29(16)19)26-17(30)14(27-35)13-9-41-21(24)25-13;/h9-11,15,19,35H,6-8H2,1-5H3,(H2,24,25)(H,26,30);1H/t10?,11?,15?,19-;/m1./s1. The van der Waals surface area contributed by atoms with Crippen molar-refractivity contribution >= 4 is 76.4 Å². The minimum atomic E-state index is -1.38. The summed E-state index contributed by atoms with van der Waals surface area (Å²) in [6, 6.07) is -1.10. The Morgan fingerprint density at radius 1 is 1.26 bits per heavy atom. The second kappa shape index (κ2) is 14.9. The highest BCUT2D eigenvalue weighted by molar-refractivity contribution is 8.00. The van der Waals surface area contributed by atoms with Crippen molar-refractivity contribution in [2.75, 3.05) is 32.2 Å². The lowest BCUT2D eigenvalue weighted by Crippen LogP contribution is -2.71. The van der Waals surface area contributed by atoms with Gasteiger partial charge in [0.15, 0.2) is 10.8 Å². The number of anilines is 1. The number of fused-ring (bicyclic) bond motifs is 1. The SMILES string of the molecule is CCC(C)OC(=O)OC(C)OC(=O)C1=C(COC(=O)N(C)C)CS[C@@H]2C(NC(=O)C(=NO)c3csc(N)n3)C(=O)N12.Cl. The number of thioether (sulfide) groups is 1. The van der Waals surface area contributed by atoms with Gasteiger partial charge >= 0.3 is 18.2 Å². The predicted molar refractivity (Wildman–Crippen MR) is 152 cm³/mol. The van der Waals surface area contributed by atoms with Crippen LogP contribution >= 0.6 is 35.5 Å². The minimum absolute atomic E-state index is 0. The summed E-state index contributed by atoms with van der Waals surface area (Å²) in [5, 5.41) is 15.6. The number of ether oxygens (including phenoxy) is 4. The van der Waals surface area contributed by atoms with Gasteiger partial charge in [0, 0.05) is 37.7 Å². The van der Waals surface area contributed by atoms with E-state index in [-0.39, 0.29) is 46.9 Å². The lowest BCUT2D eigenvalue weighted by Gasteiger charge is -2.49. The molecule has 4 N–H and O–H groups in total. The number of carbonyl (C=O) groups is 5. The number of oxime groups is 1. The van der Waals surface area contributed by atoms with E-state index < -0.39 is 59.6 Å². The fourth-order valence-electron chi connectivity index (χ4n) is 3.52. The number of β-lactam (4-membered cyclic amide) rings is 1. The molecule has 1 aromatic rings. The van der Waals surface area contributed by atoms with Gasteiger partial charge < -0.3 is 40.1 Å². The Morgan fingerprint density at radius 3 is 2.52 bits per heavy atom. The van der Waals surface area contributed by atoms with Gasteiger partial charge in [-0.25, -0.2) is 19.4 Å². The number of nitrogens with one attached hydrogen (secondary N) is 1. The number of carbonyl (C=O) groups excluding carboxylic acids is 5. The Kier molecular flexibility index (Phi) is 12.2. The number of nitrogens with zero attached hydrogens (tertiary/aromatic N) is 4. The molecule has 3 unspecified atom stereocenters. The topological polar surface area (TPSA) is 212 Å². The van der Waals surface area contributed by atoms with Crippen LogP contribution in [0.1, 0.15) is 32.9 Å². The Morgan fingerprint density at radius 2 is 1.95 bits per heavy atom. The number of rotatable bonds is 10. The zero-order valence-electron chi connectivity index (χ0n) is 23.2. The van der Waals surface area contributed by atoms with Crippen molar-refractivity contribution in [1.82, 2.24) is 20.1 Å². The summed E-state index contributed by atoms with van der Waals surface area (Å²) in [6.07, 6.45) is -2.98. The van der Waals surface area contributed by atoms with Gasteiger partial charge in [-0.1, -0.05) is 12.1 Å².